The summed E-state index contributed by atoms with van der Waals surface area (Å²) >= 11 is 0. The molecule has 0 saturated carbocycles. The van der Waals surface area contributed by atoms with Crippen LogP contribution >= 0.6 is 0 Å². The molecule has 0 fully saturated rings. The van der Waals surface area contributed by atoms with Crippen molar-refractivity contribution in [3.63, 3.8) is 0 Å². The number of nitrogens with two attached hydrogens (primary N) is 1. The molecule has 1 atom stereocenters. The fraction of sp³-hybridized carbons (Fsp3) is 0.182. The van der Waals surface area contributed by atoms with Crippen LogP contribution in [-0.2, 0) is 16.0 Å². The first kappa shape index (κ1) is 20.0. The average Bonchev–Trinajstić information content (AvgIpc) is 3.09. The summed E-state index contributed by atoms with van der Waals surface area (Å²) in [5.41, 5.74) is 8.03. The van der Waals surface area contributed by atoms with Gasteiger partial charge in [-0.25, -0.2) is 4.98 Å². The van der Waals surface area contributed by atoms with Gasteiger partial charge in [-0.1, -0.05) is 54.1 Å². The minimum atomic E-state index is -1.11. The van der Waals surface area contributed by atoms with Gasteiger partial charge in [0.05, 0.1) is 0 Å². The predicted molar refractivity (Wildman–Crippen MR) is 107 cm³/mol. The first-order valence-electron chi connectivity index (χ1n) is 9.08. The summed E-state index contributed by atoms with van der Waals surface area (Å²) in [7, 11) is 0. The van der Waals surface area contributed by atoms with Crippen LogP contribution in [0.2, 0.25) is 0 Å². The predicted octanol–water partition coefficient (Wildman–Crippen LogP) is 2.35. The van der Waals surface area contributed by atoms with E-state index in [-0.39, 0.29) is 12.2 Å². The number of carbonyl (C=O) groups excluding carboxylic acids is 3. The zero-order valence-electron chi connectivity index (χ0n) is 16.1. The molecule has 1 unspecified atom stereocenters. The van der Waals surface area contributed by atoms with Gasteiger partial charge in [0.2, 0.25) is 11.5 Å². The Kier molecular flexibility index (Phi) is 5.87. The topological polar surface area (TPSA) is 115 Å². The third kappa shape index (κ3) is 4.76. The van der Waals surface area contributed by atoms with Gasteiger partial charge in [0, 0.05) is 18.9 Å². The summed E-state index contributed by atoms with van der Waals surface area (Å²) in [6, 6.07) is 15.4. The molecule has 3 aromatic rings. The molecule has 2 aromatic carbocycles. The second-order valence-electron chi connectivity index (χ2n) is 6.72. The van der Waals surface area contributed by atoms with Gasteiger partial charge < -0.3 is 15.5 Å². The molecular weight excluding hydrogens is 370 g/mol. The number of carbonyl (C=O) groups is 3. The molecule has 0 aliphatic rings. The largest absolute Gasteiger partial charge is 0.435 e. The van der Waals surface area contributed by atoms with Crippen molar-refractivity contribution in [1.29, 1.82) is 0 Å². The van der Waals surface area contributed by atoms with Crippen LogP contribution in [-0.4, -0.2) is 28.6 Å². The molecule has 0 radical (unpaired) electrons. The number of aryl methyl sites for hydroxylation is 2. The molecule has 2 amide bonds. The lowest BCUT2D eigenvalue weighted by Crippen LogP contribution is -2.47. The van der Waals surface area contributed by atoms with Crippen molar-refractivity contribution in [3.8, 4) is 11.3 Å². The number of hydrogen-bond acceptors (Lipinski definition) is 5. The highest BCUT2D eigenvalue weighted by Crippen LogP contribution is 2.25. The van der Waals surface area contributed by atoms with Gasteiger partial charge in [0.15, 0.2) is 5.89 Å². The molecule has 3 N–H and O–H groups in total. The summed E-state index contributed by atoms with van der Waals surface area (Å²) in [5.74, 6) is -2.34. The molecule has 7 nitrogen and oxygen atoms in total. The number of aromatic nitrogens is 1. The van der Waals surface area contributed by atoms with E-state index in [9.17, 15) is 14.4 Å². The summed E-state index contributed by atoms with van der Waals surface area (Å²) in [6.07, 6.45) is 0.126. The number of amides is 2. The number of hydrogen-bond donors (Lipinski definition) is 2. The maximum absolute atomic E-state index is 12.9. The molecule has 3 rings (SSSR count). The lowest BCUT2D eigenvalue weighted by Gasteiger charge is -2.16. The zero-order valence-corrected chi connectivity index (χ0v) is 16.1. The zero-order chi connectivity index (χ0) is 21.0. The minimum absolute atomic E-state index is 0.0246. The van der Waals surface area contributed by atoms with E-state index < -0.39 is 23.6 Å². The normalized spacial score (nSPS) is 11.7. The number of primary amides is 1. The summed E-state index contributed by atoms with van der Waals surface area (Å²) in [4.78, 5) is 41.0. The van der Waals surface area contributed by atoms with E-state index in [2.05, 4.69) is 10.3 Å². The third-order valence-electron chi connectivity index (χ3n) is 4.38. The van der Waals surface area contributed by atoms with Crippen LogP contribution in [0.5, 0.6) is 0 Å². The molecular formula is C22H21N3O4. The molecule has 0 bridgehead atoms. The van der Waals surface area contributed by atoms with E-state index in [1.165, 1.54) is 0 Å². The molecule has 7 heteroatoms. The first-order chi connectivity index (χ1) is 13.8. The Morgan fingerprint density at radius 3 is 2.45 bits per heavy atom. The monoisotopic (exact) mass is 391 g/mol. The number of nitrogens with zero attached hydrogens (tertiary/aromatic N) is 1. The van der Waals surface area contributed by atoms with Crippen LogP contribution in [0.1, 0.15) is 27.6 Å². The van der Waals surface area contributed by atoms with Crippen LogP contribution in [0.15, 0.2) is 59.0 Å². The third-order valence-corrected chi connectivity index (χ3v) is 4.38. The van der Waals surface area contributed by atoms with E-state index in [1.54, 1.807) is 31.2 Å². The van der Waals surface area contributed by atoms with Gasteiger partial charge in [-0.2, -0.15) is 0 Å². The molecule has 0 spiro atoms. The fourth-order valence-corrected chi connectivity index (χ4v) is 3.02. The smallest absolute Gasteiger partial charge is 0.290 e. The Morgan fingerprint density at radius 2 is 1.79 bits per heavy atom. The van der Waals surface area contributed by atoms with Gasteiger partial charge in [0.25, 0.3) is 11.8 Å². The van der Waals surface area contributed by atoms with Gasteiger partial charge >= 0.3 is 0 Å². The Labute approximate surface area is 167 Å². The van der Waals surface area contributed by atoms with Crippen molar-refractivity contribution in [1.82, 2.24) is 10.3 Å². The Morgan fingerprint density at radius 1 is 1.07 bits per heavy atom. The molecule has 0 aliphatic heterocycles. The van der Waals surface area contributed by atoms with Crippen molar-refractivity contribution in [3.05, 3.63) is 77.4 Å². The maximum atomic E-state index is 12.9. The van der Waals surface area contributed by atoms with Crippen molar-refractivity contribution in [2.45, 2.75) is 26.3 Å². The second-order valence-corrected chi connectivity index (χ2v) is 6.72. The summed E-state index contributed by atoms with van der Waals surface area (Å²) in [5, 5.41) is 2.58. The van der Waals surface area contributed by atoms with Crippen LogP contribution in [0, 0.1) is 13.8 Å². The maximum Gasteiger partial charge on any atom is 0.290 e. The molecule has 148 valence electrons. The Balaban J connectivity index is 1.90. The standard InChI is InChI=1S/C22H21N3O4/c1-13-7-6-10-16(11-13)18-20(29-14(2)24-18)22(28)25-17(19(26)21(23)27)12-15-8-4-3-5-9-15/h3-11,17H,12H2,1-2H3,(H2,23,27)(H,25,28). The molecule has 0 aliphatic carbocycles. The highest BCUT2D eigenvalue weighted by molar-refractivity contribution is 6.38. The van der Waals surface area contributed by atoms with Crippen molar-refractivity contribution in [2.24, 2.45) is 5.73 Å². The number of ketones is 1. The lowest BCUT2D eigenvalue weighted by atomic mass is 10.0. The number of oxazole rings is 1. The highest BCUT2D eigenvalue weighted by Gasteiger charge is 2.29. The average molecular weight is 391 g/mol. The molecule has 0 saturated heterocycles. The first-order valence-corrected chi connectivity index (χ1v) is 9.08. The summed E-state index contributed by atoms with van der Waals surface area (Å²) < 4.78 is 5.51. The van der Waals surface area contributed by atoms with E-state index in [0.717, 1.165) is 11.1 Å². The van der Waals surface area contributed by atoms with Crippen molar-refractivity contribution >= 4 is 17.6 Å². The Hall–Kier alpha value is -3.74. The van der Waals surface area contributed by atoms with E-state index in [1.807, 2.05) is 37.3 Å². The number of benzene rings is 2. The number of Topliss-reactive ketones (excluding diaryl/α,β-unsaturated/α-hetero) is 1. The molecule has 29 heavy (non-hydrogen) atoms. The summed E-state index contributed by atoms with van der Waals surface area (Å²) in [6.45, 7) is 3.56. The highest BCUT2D eigenvalue weighted by atomic mass is 16.4. The van der Waals surface area contributed by atoms with Gasteiger partial charge in [-0.3, -0.25) is 14.4 Å². The van der Waals surface area contributed by atoms with Crippen LogP contribution < -0.4 is 11.1 Å². The molecule has 1 aromatic heterocycles. The number of rotatable bonds is 7. The van der Waals surface area contributed by atoms with Crippen LogP contribution in [0.3, 0.4) is 0 Å². The van der Waals surface area contributed by atoms with E-state index in [4.69, 9.17) is 10.2 Å². The van der Waals surface area contributed by atoms with Crippen LogP contribution in [0.25, 0.3) is 11.3 Å². The van der Waals surface area contributed by atoms with Gasteiger partial charge in [0.1, 0.15) is 11.7 Å². The second kappa shape index (κ2) is 8.52. The SMILES string of the molecule is Cc1cccc(-c2nc(C)oc2C(=O)NC(Cc2ccccc2)C(=O)C(N)=O)c1. The van der Waals surface area contributed by atoms with E-state index in [0.29, 0.717) is 17.1 Å². The number of nitrogens with one attached hydrogen (secondary N) is 1. The van der Waals surface area contributed by atoms with E-state index >= 15 is 0 Å². The van der Waals surface area contributed by atoms with Crippen molar-refractivity contribution in [2.75, 3.05) is 0 Å². The van der Waals surface area contributed by atoms with Gasteiger partial charge in [-0.15, -0.1) is 0 Å². The lowest BCUT2D eigenvalue weighted by molar-refractivity contribution is -0.137. The quantitative estimate of drug-likeness (QED) is 0.600. The van der Waals surface area contributed by atoms with Crippen molar-refractivity contribution < 1.29 is 18.8 Å². The fourth-order valence-electron chi connectivity index (χ4n) is 3.02. The van der Waals surface area contributed by atoms with Crippen LogP contribution in [0.4, 0.5) is 0 Å². The molecule has 1 heterocycles. The minimum Gasteiger partial charge on any atom is -0.435 e. The van der Waals surface area contributed by atoms with Gasteiger partial charge in [-0.05, 0) is 18.6 Å². The Bertz CT molecular complexity index is 1060.